The zero-order chi connectivity index (χ0) is 9.97. The van der Waals surface area contributed by atoms with Crippen LogP contribution in [-0.2, 0) is 0 Å². The van der Waals surface area contributed by atoms with E-state index in [-0.39, 0.29) is 0 Å². The largest absolute Gasteiger partial charge is 0.497 e. The van der Waals surface area contributed by atoms with Crippen LogP contribution in [0.4, 0.5) is 5.69 Å². The first-order chi connectivity index (χ1) is 6.85. The third-order valence-electron chi connectivity index (χ3n) is 2.87. The smallest absolute Gasteiger partial charge is 0.119 e. The Morgan fingerprint density at radius 2 is 2.36 bits per heavy atom. The summed E-state index contributed by atoms with van der Waals surface area (Å²) in [7, 11) is 1.72. The number of fused-ring (bicyclic) bond motifs is 1. The fraction of sp³-hybridized carbons (Fsp3) is 0.500. The van der Waals surface area contributed by atoms with Gasteiger partial charge in [0.2, 0.25) is 0 Å². The third-order valence-corrected chi connectivity index (χ3v) is 2.87. The summed E-state index contributed by atoms with van der Waals surface area (Å²) in [6.07, 6.45) is 2.50. The Hall–Kier alpha value is -1.18. The van der Waals surface area contributed by atoms with Gasteiger partial charge >= 0.3 is 0 Å². The second kappa shape index (κ2) is 3.91. The van der Waals surface area contributed by atoms with Gasteiger partial charge in [0.1, 0.15) is 5.75 Å². The van der Waals surface area contributed by atoms with Gasteiger partial charge in [-0.1, -0.05) is 13.3 Å². The molecule has 1 N–H and O–H groups in total. The lowest BCUT2D eigenvalue weighted by Gasteiger charge is -2.09. The first kappa shape index (κ1) is 9.38. The van der Waals surface area contributed by atoms with Crippen molar-refractivity contribution in [2.24, 2.45) is 0 Å². The second-order valence-corrected chi connectivity index (χ2v) is 3.82. The van der Waals surface area contributed by atoms with Crippen LogP contribution in [0.15, 0.2) is 18.2 Å². The highest BCUT2D eigenvalue weighted by Gasteiger charge is 2.21. The molecule has 1 aliphatic rings. The van der Waals surface area contributed by atoms with Crippen LogP contribution in [0.1, 0.15) is 31.2 Å². The molecule has 2 heteroatoms. The zero-order valence-electron chi connectivity index (χ0n) is 8.84. The van der Waals surface area contributed by atoms with Crippen LogP contribution in [0.5, 0.6) is 5.75 Å². The molecule has 2 rings (SSSR count). The fourth-order valence-corrected chi connectivity index (χ4v) is 2.12. The molecule has 0 aliphatic carbocycles. The Morgan fingerprint density at radius 3 is 3.07 bits per heavy atom. The number of rotatable bonds is 3. The summed E-state index contributed by atoms with van der Waals surface area (Å²) in [6, 6.07) is 6.29. The van der Waals surface area contributed by atoms with E-state index in [1.807, 2.05) is 6.07 Å². The quantitative estimate of drug-likeness (QED) is 0.793. The normalized spacial score (nSPS) is 18.9. The Balaban J connectivity index is 2.27. The third kappa shape index (κ3) is 1.57. The van der Waals surface area contributed by atoms with Crippen LogP contribution in [0, 0.1) is 0 Å². The van der Waals surface area contributed by atoms with E-state index in [0.29, 0.717) is 5.92 Å². The van der Waals surface area contributed by atoms with Crippen LogP contribution < -0.4 is 10.1 Å². The first-order valence-corrected chi connectivity index (χ1v) is 5.27. The van der Waals surface area contributed by atoms with Crippen molar-refractivity contribution in [2.45, 2.75) is 25.7 Å². The van der Waals surface area contributed by atoms with E-state index in [9.17, 15) is 0 Å². The molecule has 1 aromatic rings. The van der Waals surface area contributed by atoms with E-state index >= 15 is 0 Å². The summed E-state index contributed by atoms with van der Waals surface area (Å²) in [5.41, 5.74) is 2.70. The SMILES string of the molecule is CCC[C@H]1CNc2ccc(OC)cc21. The molecule has 0 saturated carbocycles. The average molecular weight is 191 g/mol. The molecule has 76 valence electrons. The maximum Gasteiger partial charge on any atom is 0.119 e. The molecule has 1 aromatic carbocycles. The number of ether oxygens (including phenoxy) is 1. The van der Waals surface area contributed by atoms with Crippen LogP contribution >= 0.6 is 0 Å². The summed E-state index contributed by atoms with van der Waals surface area (Å²) < 4.78 is 5.24. The molecule has 1 aliphatic heterocycles. The van der Waals surface area contributed by atoms with Gasteiger partial charge in [0.25, 0.3) is 0 Å². The predicted octanol–water partition coefficient (Wildman–Crippen LogP) is 3.00. The highest BCUT2D eigenvalue weighted by atomic mass is 16.5. The van der Waals surface area contributed by atoms with Gasteiger partial charge < -0.3 is 10.1 Å². The number of hydrogen-bond donors (Lipinski definition) is 1. The molecular formula is C12H17NO. The van der Waals surface area contributed by atoms with Crippen molar-refractivity contribution < 1.29 is 4.74 Å². The molecule has 0 spiro atoms. The minimum atomic E-state index is 0.671. The molecule has 0 unspecified atom stereocenters. The molecule has 14 heavy (non-hydrogen) atoms. The monoisotopic (exact) mass is 191 g/mol. The van der Waals surface area contributed by atoms with E-state index < -0.39 is 0 Å². The van der Waals surface area contributed by atoms with E-state index in [1.165, 1.54) is 24.1 Å². The number of anilines is 1. The summed E-state index contributed by atoms with van der Waals surface area (Å²) in [5, 5.41) is 3.43. The number of hydrogen-bond acceptors (Lipinski definition) is 2. The number of methoxy groups -OCH3 is 1. The average Bonchev–Trinajstić information content (AvgIpc) is 2.61. The molecule has 2 nitrogen and oxygen atoms in total. The van der Waals surface area contributed by atoms with Gasteiger partial charge in [0.15, 0.2) is 0 Å². The van der Waals surface area contributed by atoms with E-state index in [4.69, 9.17) is 4.74 Å². The van der Waals surface area contributed by atoms with Gasteiger partial charge in [0, 0.05) is 18.2 Å². The molecule has 0 saturated heterocycles. The second-order valence-electron chi connectivity index (χ2n) is 3.82. The van der Waals surface area contributed by atoms with Crippen molar-refractivity contribution in [3.63, 3.8) is 0 Å². The van der Waals surface area contributed by atoms with Gasteiger partial charge in [-0.05, 0) is 30.2 Å². The lowest BCUT2D eigenvalue weighted by atomic mass is 9.96. The van der Waals surface area contributed by atoms with Crippen molar-refractivity contribution in [3.05, 3.63) is 23.8 Å². The Bertz CT molecular complexity index is 320. The van der Waals surface area contributed by atoms with Gasteiger partial charge in [-0.15, -0.1) is 0 Å². The molecule has 0 amide bonds. The molecule has 0 radical (unpaired) electrons. The van der Waals surface area contributed by atoms with Crippen LogP contribution in [0.2, 0.25) is 0 Å². The maximum absolute atomic E-state index is 5.24. The Labute approximate surface area is 85.3 Å². The topological polar surface area (TPSA) is 21.3 Å². The van der Waals surface area contributed by atoms with Crippen molar-refractivity contribution in [1.29, 1.82) is 0 Å². The summed E-state index contributed by atoms with van der Waals surface area (Å²) in [5.74, 6) is 1.64. The van der Waals surface area contributed by atoms with Gasteiger partial charge in [-0.3, -0.25) is 0 Å². The lowest BCUT2D eigenvalue weighted by molar-refractivity contribution is 0.414. The number of nitrogens with one attached hydrogen (secondary N) is 1. The van der Waals surface area contributed by atoms with Crippen molar-refractivity contribution >= 4 is 5.69 Å². The maximum atomic E-state index is 5.24. The molecule has 0 bridgehead atoms. The van der Waals surface area contributed by atoms with Crippen LogP contribution in [0.25, 0.3) is 0 Å². The van der Waals surface area contributed by atoms with Crippen LogP contribution in [0.3, 0.4) is 0 Å². The Morgan fingerprint density at radius 1 is 1.50 bits per heavy atom. The molecule has 0 aromatic heterocycles. The number of benzene rings is 1. The first-order valence-electron chi connectivity index (χ1n) is 5.27. The van der Waals surface area contributed by atoms with Gasteiger partial charge in [-0.25, -0.2) is 0 Å². The van der Waals surface area contributed by atoms with Crippen molar-refractivity contribution in [2.75, 3.05) is 19.0 Å². The Kier molecular flexibility index (Phi) is 2.62. The summed E-state index contributed by atoms with van der Waals surface area (Å²) in [4.78, 5) is 0. The summed E-state index contributed by atoms with van der Waals surface area (Å²) in [6.45, 7) is 3.31. The van der Waals surface area contributed by atoms with Gasteiger partial charge in [0.05, 0.1) is 7.11 Å². The fourth-order valence-electron chi connectivity index (χ4n) is 2.12. The molecule has 0 fully saturated rings. The minimum absolute atomic E-state index is 0.671. The minimum Gasteiger partial charge on any atom is -0.497 e. The highest BCUT2D eigenvalue weighted by molar-refractivity contribution is 5.60. The summed E-state index contributed by atoms with van der Waals surface area (Å²) >= 11 is 0. The molecule has 1 heterocycles. The van der Waals surface area contributed by atoms with Crippen LogP contribution in [-0.4, -0.2) is 13.7 Å². The molecule has 1 atom stereocenters. The predicted molar refractivity (Wildman–Crippen MR) is 59.1 cm³/mol. The van der Waals surface area contributed by atoms with Crippen molar-refractivity contribution in [1.82, 2.24) is 0 Å². The zero-order valence-corrected chi connectivity index (χ0v) is 8.84. The van der Waals surface area contributed by atoms with E-state index in [2.05, 4.69) is 24.4 Å². The van der Waals surface area contributed by atoms with Gasteiger partial charge in [-0.2, -0.15) is 0 Å². The van der Waals surface area contributed by atoms with E-state index in [1.54, 1.807) is 7.11 Å². The molecular weight excluding hydrogens is 174 g/mol. The van der Waals surface area contributed by atoms with E-state index in [0.717, 1.165) is 12.3 Å². The highest BCUT2D eigenvalue weighted by Crippen LogP contribution is 2.36. The standard InChI is InChI=1S/C12H17NO/c1-3-4-9-8-13-12-6-5-10(14-2)7-11(9)12/h5-7,9,13H,3-4,8H2,1-2H3/t9-/m0/s1. The van der Waals surface area contributed by atoms with Crippen molar-refractivity contribution in [3.8, 4) is 5.75 Å². The lowest BCUT2D eigenvalue weighted by Crippen LogP contribution is -2.00.